The number of alkyl halides is 3. The highest BCUT2D eigenvalue weighted by atomic mass is 19.4. The zero-order chi connectivity index (χ0) is 19.4. The van der Waals surface area contributed by atoms with E-state index in [1.807, 2.05) is 0 Å². The maximum atomic E-state index is 12.7. The Labute approximate surface area is 155 Å². The van der Waals surface area contributed by atoms with Crippen molar-refractivity contribution < 1.29 is 18.0 Å². The van der Waals surface area contributed by atoms with Crippen LogP contribution in [0.2, 0.25) is 0 Å². The minimum Gasteiger partial charge on any atom is -0.385 e. The molecule has 1 heterocycles. The molecule has 0 aliphatic heterocycles. The second-order valence-electron chi connectivity index (χ2n) is 6.49. The highest BCUT2D eigenvalue weighted by molar-refractivity contribution is 5.85. The molecule has 27 heavy (non-hydrogen) atoms. The van der Waals surface area contributed by atoms with Crippen LogP contribution < -0.4 is 15.5 Å². The number of aromatic nitrogens is 1. The fraction of sp³-hybridized carbons (Fsp3) is 0.368. The molecule has 8 heteroatoms. The van der Waals surface area contributed by atoms with Crippen LogP contribution in [0.15, 0.2) is 36.5 Å². The van der Waals surface area contributed by atoms with Crippen LogP contribution >= 0.6 is 0 Å². The number of pyridine rings is 1. The van der Waals surface area contributed by atoms with Crippen LogP contribution in [-0.4, -0.2) is 24.5 Å². The van der Waals surface area contributed by atoms with Crippen LogP contribution in [0, 0.1) is 0 Å². The highest BCUT2D eigenvalue weighted by Crippen LogP contribution is 2.34. The van der Waals surface area contributed by atoms with E-state index >= 15 is 0 Å². The van der Waals surface area contributed by atoms with Crippen molar-refractivity contribution in [1.29, 1.82) is 0 Å². The van der Waals surface area contributed by atoms with Gasteiger partial charge in [-0.1, -0.05) is 12.8 Å². The monoisotopic (exact) mass is 378 g/mol. The summed E-state index contributed by atoms with van der Waals surface area (Å²) in [4.78, 5) is 17.7. The van der Waals surface area contributed by atoms with Gasteiger partial charge in [-0.15, -0.1) is 0 Å². The fourth-order valence-electron chi connectivity index (χ4n) is 3.33. The maximum Gasteiger partial charge on any atom is 0.416 e. The van der Waals surface area contributed by atoms with Crippen molar-refractivity contribution in [2.24, 2.45) is 0 Å². The van der Waals surface area contributed by atoms with Gasteiger partial charge in [0.2, 0.25) is 6.41 Å². The van der Waals surface area contributed by atoms with Gasteiger partial charge in [0.1, 0.15) is 5.82 Å². The number of nitrogens with one attached hydrogen (secondary N) is 2. The van der Waals surface area contributed by atoms with E-state index in [0.717, 1.165) is 44.2 Å². The molecule has 0 unspecified atom stereocenters. The van der Waals surface area contributed by atoms with Crippen LogP contribution in [0.1, 0.15) is 31.2 Å². The Balaban J connectivity index is 1.85. The summed E-state index contributed by atoms with van der Waals surface area (Å²) in [6, 6.07) is 6.62. The molecule has 3 rings (SSSR count). The first-order valence-corrected chi connectivity index (χ1v) is 8.78. The maximum absolute atomic E-state index is 12.7. The van der Waals surface area contributed by atoms with Gasteiger partial charge in [0.15, 0.2) is 0 Å². The lowest BCUT2D eigenvalue weighted by Gasteiger charge is -2.27. The number of hydrogen-bond donors (Lipinski definition) is 2. The predicted octanol–water partition coefficient (Wildman–Crippen LogP) is 4.79. The van der Waals surface area contributed by atoms with Crippen LogP contribution in [-0.2, 0) is 11.0 Å². The Hall–Kier alpha value is -2.77. The van der Waals surface area contributed by atoms with Gasteiger partial charge < -0.3 is 15.5 Å². The Morgan fingerprint density at radius 1 is 1.19 bits per heavy atom. The van der Waals surface area contributed by atoms with Crippen molar-refractivity contribution >= 4 is 29.3 Å². The van der Waals surface area contributed by atoms with Crippen molar-refractivity contribution in [3.8, 4) is 0 Å². The summed E-state index contributed by atoms with van der Waals surface area (Å²) in [5.41, 5.74) is 1.19. The number of carbonyl (C=O) groups is 1. The molecular formula is C19H21F3N4O. The molecule has 0 bridgehead atoms. The zero-order valence-electron chi connectivity index (χ0n) is 14.9. The second kappa shape index (κ2) is 7.85. The van der Waals surface area contributed by atoms with Gasteiger partial charge in [0.25, 0.3) is 0 Å². The smallest absolute Gasteiger partial charge is 0.385 e. The number of hydrogen-bond acceptors (Lipinski definition) is 4. The SMILES string of the molecule is CNc1cnc(Nc2ccc(C(F)(F)F)cc2)cc1N(C=O)C1CCCC1. The van der Waals surface area contributed by atoms with E-state index in [1.165, 1.54) is 12.1 Å². The molecule has 1 fully saturated rings. The van der Waals surface area contributed by atoms with Crippen LogP contribution in [0.25, 0.3) is 0 Å². The normalized spacial score (nSPS) is 14.8. The lowest BCUT2D eigenvalue weighted by atomic mass is 10.2. The quantitative estimate of drug-likeness (QED) is 0.710. The molecule has 0 atom stereocenters. The van der Waals surface area contributed by atoms with E-state index in [0.29, 0.717) is 22.9 Å². The lowest BCUT2D eigenvalue weighted by Crippen LogP contribution is -2.32. The van der Waals surface area contributed by atoms with Crippen molar-refractivity contribution in [3.63, 3.8) is 0 Å². The van der Waals surface area contributed by atoms with E-state index in [4.69, 9.17) is 0 Å². The minimum atomic E-state index is -4.37. The van der Waals surface area contributed by atoms with Crippen molar-refractivity contribution in [1.82, 2.24) is 4.98 Å². The van der Waals surface area contributed by atoms with Crippen LogP contribution in [0.4, 0.5) is 36.1 Å². The molecule has 1 aromatic heterocycles. The minimum absolute atomic E-state index is 0.149. The molecule has 1 aromatic carbocycles. The van der Waals surface area contributed by atoms with Gasteiger partial charge in [0.05, 0.1) is 23.1 Å². The summed E-state index contributed by atoms with van der Waals surface area (Å²) >= 11 is 0. The number of carbonyl (C=O) groups excluding carboxylic acids is 1. The van der Waals surface area contributed by atoms with Crippen molar-refractivity contribution in [3.05, 3.63) is 42.1 Å². The van der Waals surface area contributed by atoms with Crippen molar-refractivity contribution in [2.75, 3.05) is 22.6 Å². The summed E-state index contributed by atoms with van der Waals surface area (Å²) in [7, 11) is 1.75. The summed E-state index contributed by atoms with van der Waals surface area (Å²) in [6.45, 7) is 0. The molecule has 2 N–H and O–H groups in total. The third kappa shape index (κ3) is 4.32. The molecule has 2 aromatic rings. The first-order valence-electron chi connectivity index (χ1n) is 8.78. The number of benzene rings is 1. The Kier molecular flexibility index (Phi) is 5.53. The Morgan fingerprint density at radius 3 is 2.41 bits per heavy atom. The van der Waals surface area contributed by atoms with E-state index < -0.39 is 11.7 Å². The van der Waals surface area contributed by atoms with Crippen LogP contribution in [0.5, 0.6) is 0 Å². The van der Waals surface area contributed by atoms with E-state index in [-0.39, 0.29) is 6.04 Å². The summed E-state index contributed by atoms with van der Waals surface area (Å²) in [5.74, 6) is 0.452. The third-order valence-corrected chi connectivity index (χ3v) is 4.75. The molecule has 1 saturated carbocycles. The molecule has 1 amide bonds. The van der Waals surface area contributed by atoms with Gasteiger partial charge >= 0.3 is 6.18 Å². The molecule has 1 aliphatic rings. The number of rotatable bonds is 6. The Morgan fingerprint density at radius 2 is 1.85 bits per heavy atom. The van der Waals surface area contributed by atoms with E-state index in [1.54, 1.807) is 24.2 Å². The number of anilines is 4. The number of halogens is 3. The molecule has 5 nitrogen and oxygen atoms in total. The molecule has 144 valence electrons. The molecule has 0 saturated heterocycles. The molecule has 0 radical (unpaired) electrons. The zero-order valence-corrected chi connectivity index (χ0v) is 14.9. The van der Waals surface area contributed by atoms with Gasteiger partial charge in [-0.3, -0.25) is 4.79 Å². The standard InChI is InChI=1S/C19H21F3N4O/c1-23-16-11-24-18(10-17(16)26(12-27)15-4-2-3-5-15)25-14-8-6-13(7-9-14)19(20,21)22/h6-12,15,23H,2-5H2,1H3,(H,24,25). The lowest BCUT2D eigenvalue weighted by molar-refractivity contribution is -0.137. The number of amides is 1. The topological polar surface area (TPSA) is 57.3 Å². The van der Waals surface area contributed by atoms with Gasteiger partial charge in [-0.05, 0) is 37.1 Å². The average molecular weight is 378 g/mol. The van der Waals surface area contributed by atoms with Gasteiger partial charge in [0, 0.05) is 24.8 Å². The molecule has 0 spiro atoms. The summed E-state index contributed by atoms with van der Waals surface area (Å²) in [6.07, 6.45) is 2.14. The third-order valence-electron chi connectivity index (χ3n) is 4.75. The summed E-state index contributed by atoms with van der Waals surface area (Å²) in [5, 5.41) is 6.03. The highest BCUT2D eigenvalue weighted by Gasteiger charge is 2.30. The van der Waals surface area contributed by atoms with Crippen LogP contribution in [0.3, 0.4) is 0 Å². The van der Waals surface area contributed by atoms with E-state index in [9.17, 15) is 18.0 Å². The molecule has 1 aliphatic carbocycles. The number of nitrogens with zero attached hydrogens (tertiary/aromatic N) is 2. The molecular weight excluding hydrogens is 357 g/mol. The fourth-order valence-corrected chi connectivity index (χ4v) is 3.33. The first kappa shape index (κ1) is 19.0. The predicted molar refractivity (Wildman–Crippen MR) is 99.3 cm³/mol. The van der Waals surface area contributed by atoms with E-state index in [2.05, 4.69) is 15.6 Å². The Bertz CT molecular complexity index is 787. The summed E-state index contributed by atoms with van der Waals surface area (Å²) < 4.78 is 38.0. The van der Waals surface area contributed by atoms with Gasteiger partial charge in [-0.25, -0.2) is 4.98 Å². The van der Waals surface area contributed by atoms with Gasteiger partial charge in [-0.2, -0.15) is 13.2 Å². The first-order chi connectivity index (χ1) is 12.9. The largest absolute Gasteiger partial charge is 0.416 e. The van der Waals surface area contributed by atoms with Crippen molar-refractivity contribution in [2.45, 2.75) is 37.9 Å². The average Bonchev–Trinajstić information content (AvgIpc) is 3.17. The second-order valence-corrected chi connectivity index (χ2v) is 6.49.